The first-order valence-electron chi connectivity index (χ1n) is 9.24. The molecular weight excluding hydrogens is 379 g/mol. The molecule has 0 aliphatic carbocycles. The molecule has 1 aliphatic heterocycles. The van der Waals surface area contributed by atoms with Crippen molar-refractivity contribution in [2.75, 3.05) is 18.4 Å². The summed E-state index contributed by atoms with van der Waals surface area (Å²) in [4.78, 5) is 41.5. The SMILES string of the molecule is Cc1cccc(NC(=O)C2CCCN(C(=O)c3cc(F)c(C)c([N+](=O)[O-])c3)C2)n1. The van der Waals surface area contributed by atoms with Gasteiger partial charge in [-0.3, -0.25) is 19.7 Å². The lowest BCUT2D eigenvalue weighted by atomic mass is 9.96. The Morgan fingerprint density at radius 2 is 2.07 bits per heavy atom. The predicted molar refractivity (Wildman–Crippen MR) is 104 cm³/mol. The van der Waals surface area contributed by atoms with Crippen LogP contribution in [0.3, 0.4) is 0 Å². The zero-order chi connectivity index (χ0) is 21.1. The van der Waals surface area contributed by atoms with E-state index in [0.29, 0.717) is 25.2 Å². The molecule has 1 aromatic heterocycles. The first-order chi connectivity index (χ1) is 13.8. The van der Waals surface area contributed by atoms with Gasteiger partial charge in [-0.25, -0.2) is 9.37 Å². The molecule has 1 N–H and O–H groups in total. The molecule has 2 amide bonds. The second-order valence-electron chi connectivity index (χ2n) is 7.10. The summed E-state index contributed by atoms with van der Waals surface area (Å²) >= 11 is 0. The number of hydrogen-bond donors (Lipinski definition) is 1. The van der Waals surface area contributed by atoms with Crippen molar-refractivity contribution in [2.45, 2.75) is 26.7 Å². The number of nitrogens with one attached hydrogen (secondary N) is 1. The monoisotopic (exact) mass is 400 g/mol. The number of likely N-dealkylation sites (tertiary alicyclic amines) is 1. The topological polar surface area (TPSA) is 105 Å². The van der Waals surface area contributed by atoms with Gasteiger partial charge in [0.05, 0.1) is 16.4 Å². The van der Waals surface area contributed by atoms with E-state index >= 15 is 0 Å². The maximum Gasteiger partial charge on any atom is 0.276 e. The zero-order valence-electron chi connectivity index (χ0n) is 16.1. The minimum atomic E-state index is -0.806. The summed E-state index contributed by atoms with van der Waals surface area (Å²) in [5, 5.41) is 13.9. The molecule has 8 nitrogen and oxygen atoms in total. The summed E-state index contributed by atoms with van der Waals surface area (Å²) in [6.45, 7) is 3.66. The van der Waals surface area contributed by atoms with Gasteiger partial charge < -0.3 is 10.2 Å². The fraction of sp³-hybridized carbons (Fsp3) is 0.350. The normalized spacial score (nSPS) is 16.4. The van der Waals surface area contributed by atoms with Gasteiger partial charge in [-0.15, -0.1) is 0 Å². The Labute approximate surface area is 166 Å². The lowest BCUT2D eigenvalue weighted by Gasteiger charge is -2.32. The van der Waals surface area contributed by atoms with Crippen molar-refractivity contribution in [3.8, 4) is 0 Å². The summed E-state index contributed by atoms with van der Waals surface area (Å²) in [5.74, 6) is -1.59. The fourth-order valence-corrected chi connectivity index (χ4v) is 3.38. The van der Waals surface area contributed by atoms with Gasteiger partial charge in [0, 0.05) is 30.4 Å². The van der Waals surface area contributed by atoms with E-state index in [2.05, 4.69) is 10.3 Å². The molecular formula is C20H21FN4O4. The maximum absolute atomic E-state index is 14.1. The van der Waals surface area contributed by atoms with E-state index in [4.69, 9.17) is 0 Å². The van der Waals surface area contributed by atoms with Gasteiger partial charge >= 0.3 is 0 Å². The Balaban J connectivity index is 1.74. The first kappa shape index (κ1) is 20.4. The number of nitro groups is 1. The number of rotatable bonds is 4. The summed E-state index contributed by atoms with van der Waals surface area (Å²) in [7, 11) is 0. The van der Waals surface area contributed by atoms with Gasteiger partial charge in [0.2, 0.25) is 5.91 Å². The third-order valence-corrected chi connectivity index (χ3v) is 4.98. The molecule has 2 heterocycles. The smallest absolute Gasteiger partial charge is 0.276 e. The standard InChI is InChI=1S/C20H21FN4O4/c1-12-5-3-7-18(22-12)23-19(26)14-6-4-8-24(11-14)20(27)15-9-16(21)13(2)17(10-15)25(28)29/h3,5,7,9-10,14H,4,6,8,11H2,1-2H3,(H,22,23,26). The third kappa shape index (κ3) is 4.56. The average molecular weight is 400 g/mol. The molecule has 2 aromatic rings. The molecule has 29 heavy (non-hydrogen) atoms. The van der Waals surface area contributed by atoms with Gasteiger partial charge in [0.1, 0.15) is 11.6 Å². The summed E-state index contributed by atoms with van der Waals surface area (Å²) < 4.78 is 14.1. The highest BCUT2D eigenvalue weighted by atomic mass is 19.1. The van der Waals surface area contributed by atoms with E-state index in [1.54, 1.807) is 12.1 Å². The molecule has 1 fully saturated rings. The number of hydrogen-bond acceptors (Lipinski definition) is 5. The number of nitrogens with zero attached hydrogens (tertiary/aromatic N) is 3. The number of pyridine rings is 1. The Morgan fingerprint density at radius 1 is 1.31 bits per heavy atom. The second-order valence-corrected chi connectivity index (χ2v) is 7.10. The first-order valence-corrected chi connectivity index (χ1v) is 9.24. The predicted octanol–water partition coefficient (Wildman–Crippen LogP) is 3.24. The van der Waals surface area contributed by atoms with Crippen LogP contribution in [-0.2, 0) is 4.79 Å². The van der Waals surface area contributed by atoms with Gasteiger partial charge in [0.25, 0.3) is 11.6 Å². The molecule has 1 aromatic carbocycles. The summed E-state index contributed by atoms with van der Waals surface area (Å²) in [6.07, 6.45) is 1.20. The van der Waals surface area contributed by atoms with Gasteiger partial charge in [-0.05, 0) is 44.9 Å². The minimum absolute atomic E-state index is 0.0961. The summed E-state index contributed by atoms with van der Waals surface area (Å²) in [5.41, 5.74) is 0.116. The van der Waals surface area contributed by atoms with Crippen LogP contribution in [0.25, 0.3) is 0 Å². The highest BCUT2D eigenvalue weighted by Crippen LogP contribution is 2.25. The highest BCUT2D eigenvalue weighted by molar-refractivity contribution is 5.96. The van der Waals surface area contributed by atoms with Crippen molar-refractivity contribution < 1.29 is 18.9 Å². The van der Waals surface area contributed by atoms with E-state index in [9.17, 15) is 24.1 Å². The van der Waals surface area contributed by atoms with E-state index in [0.717, 1.165) is 17.8 Å². The van der Waals surface area contributed by atoms with Crippen LogP contribution in [0.5, 0.6) is 0 Å². The number of halogens is 1. The molecule has 1 saturated heterocycles. The van der Waals surface area contributed by atoms with Crippen molar-refractivity contribution in [1.82, 2.24) is 9.88 Å². The van der Waals surface area contributed by atoms with Crippen LogP contribution in [0, 0.1) is 35.7 Å². The van der Waals surface area contributed by atoms with Crippen LogP contribution in [0.1, 0.15) is 34.5 Å². The van der Waals surface area contributed by atoms with Crippen LogP contribution in [0.15, 0.2) is 30.3 Å². The number of carbonyl (C=O) groups excluding carboxylic acids is 2. The molecule has 0 spiro atoms. The second kappa shape index (κ2) is 8.34. The van der Waals surface area contributed by atoms with Crippen LogP contribution in [-0.4, -0.2) is 39.7 Å². The molecule has 0 radical (unpaired) electrons. The van der Waals surface area contributed by atoms with Crippen LogP contribution >= 0.6 is 0 Å². The number of nitro benzene ring substituents is 1. The zero-order valence-corrected chi connectivity index (χ0v) is 16.1. The molecule has 152 valence electrons. The van der Waals surface area contributed by atoms with Gasteiger partial charge in [0.15, 0.2) is 0 Å². The molecule has 0 saturated carbocycles. The van der Waals surface area contributed by atoms with E-state index < -0.39 is 28.3 Å². The maximum atomic E-state index is 14.1. The van der Waals surface area contributed by atoms with Crippen LogP contribution in [0.2, 0.25) is 0 Å². The van der Waals surface area contributed by atoms with E-state index in [1.807, 2.05) is 13.0 Å². The van der Waals surface area contributed by atoms with E-state index in [1.165, 1.54) is 11.8 Å². The molecule has 3 rings (SSSR count). The quantitative estimate of drug-likeness (QED) is 0.627. The van der Waals surface area contributed by atoms with Crippen molar-refractivity contribution in [3.63, 3.8) is 0 Å². The number of benzene rings is 1. The number of piperidine rings is 1. The number of amides is 2. The highest BCUT2D eigenvalue weighted by Gasteiger charge is 2.30. The van der Waals surface area contributed by atoms with Crippen LogP contribution < -0.4 is 5.32 Å². The lowest BCUT2D eigenvalue weighted by Crippen LogP contribution is -2.43. The Kier molecular flexibility index (Phi) is 5.86. The minimum Gasteiger partial charge on any atom is -0.338 e. The number of anilines is 1. The van der Waals surface area contributed by atoms with Crippen molar-refractivity contribution in [3.05, 3.63) is 63.1 Å². The van der Waals surface area contributed by atoms with Crippen molar-refractivity contribution in [1.29, 1.82) is 0 Å². The number of carbonyl (C=O) groups is 2. The molecule has 9 heteroatoms. The molecule has 1 atom stereocenters. The van der Waals surface area contributed by atoms with Crippen molar-refractivity contribution >= 4 is 23.3 Å². The largest absolute Gasteiger partial charge is 0.338 e. The van der Waals surface area contributed by atoms with Crippen LogP contribution in [0.4, 0.5) is 15.9 Å². The summed E-state index contributed by atoms with van der Waals surface area (Å²) in [6, 6.07) is 7.38. The van der Waals surface area contributed by atoms with Gasteiger partial charge in [-0.1, -0.05) is 6.07 Å². The average Bonchev–Trinajstić information content (AvgIpc) is 2.69. The van der Waals surface area contributed by atoms with Crippen molar-refractivity contribution in [2.24, 2.45) is 5.92 Å². The van der Waals surface area contributed by atoms with Gasteiger partial charge in [-0.2, -0.15) is 0 Å². The Hall–Kier alpha value is -3.36. The molecule has 0 bridgehead atoms. The lowest BCUT2D eigenvalue weighted by molar-refractivity contribution is -0.385. The number of aromatic nitrogens is 1. The molecule has 1 unspecified atom stereocenters. The number of aryl methyl sites for hydroxylation is 1. The Morgan fingerprint density at radius 3 is 2.76 bits per heavy atom. The fourth-order valence-electron chi connectivity index (χ4n) is 3.38. The third-order valence-electron chi connectivity index (χ3n) is 4.98. The molecule has 1 aliphatic rings. The van der Waals surface area contributed by atoms with E-state index in [-0.39, 0.29) is 23.6 Å². The Bertz CT molecular complexity index is 979.